The molecule has 10 atom stereocenters. The van der Waals surface area contributed by atoms with Gasteiger partial charge in [0.1, 0.15) is 35.6 Å². The van der Waals surface area contributed by atoms with Crippen molar-refractivity contribution < 1.29 is 67.4 Å². The lowest BCUT2D eigenvalue weighted by molar-refractivity contribution is -0.193. The molecule has 0 unspecified atom stereocenters. The van der Waals surface area contributed by atoms with Gasteiger partial charge < -0.3 is 38.6 Å². The van der Waals surface area contributed by atoms with E-state index in [1.807, 2.05) is 0 Å². The van der Waals surface area contributed by atoms with Crippen LogP contribution in [0.2, 0.25) is 0 Å². The van der Waals surface area contributed by atoms with Gasteiger partial charge in [-0.15, -0.1) is 0 Å². The van der Waals surface area contributed by atoms with E-state index in [0.29, 0.717) is 0 Å². The first-order chi connectivity index (χ1) is 27.0. The van der Waals surface area contributed by atoms with Gasteiger partial charge in [-0.3, -0.25) is 24.2 Å². The molecule has 314 valence electrons. The summed E-state index contributed by atoms with van der Waals surface area (Å²) >= 11 is 0. The van der Waals surface area contributed by atoms with E-state index >= 15 is 0 Å². The number of aromatic nitrogens is 1. The maximum Gasteiger partial charge on any atom is 0.340 e. The third-order valence-corrected chi connectivity index (χ3v) is 10.4. The van der Waals surface area contributed by atoms with Gasteiger partial charge in [0, 0.05) is 56.5 Å². The quantitative estimate of drug-likeness (QED) is 0.203. The molecule has 2 aliphatic rings. The number of nitrogens with zero attached hydrogens (tertiary/aromatic N) is 1. The molecule has 2 aliphatic carbocycles. The van der Waals surface area contributed by atoms with Gasteiger partial charge in [-0.05, 0) is 31.2 Å². The first-order valence-electron chi connectivity index (χ1n) is 18.9. The number of benzene rings is 1. The van der Waals surface area contributed by atoms with Crippen molar-refractivity contribution in [2.75, 3.05) is 0 Å². The molecule has 1 aromatic heterocycles. The van der Waals surface area contributed by atoms with E-state index in [1.54, 1.807) is 51.1 Å². The second-order valence-electron chi connectivity index (χ2n) is 16.0. The lowest BCUT2D eigenvalue weighted by Crippen LogP contribution is -2.59. The molecule has 0 aliphatic heterocycles. The summed E-state index contributed by atoms with van der Waals surface area (Å²) in [6.45, 7) is 16.8. The number of aliphatic hydroxyl groups excluding tert-OH is 1. The molecule has 0 bridgehead atoms. The fourth-order valence-electron chi connectivity index (χ4n) is 7.78. The van der Waals surface area contributed by atoms with Crippen LogP contribution in [-0.2, 0) is 47.6 Å². The Morgan fingerprint density at radius 1 is 0.776 bits per heavy atom. The Morgan fingerprint density at radius 3 is 1.91 bits per heavy atom. The van der Waals surface area contributed by atoms with Crippen molar-refractivity contribution >= 4 is 35.8 Å². The van der Waals surface area contributed by atoms with Crippen LogP contribution in [0.3, 0.4) is 0 Å². The number of carbonyl (C=O) groups is 6. The molecule has 2 aromatic rings. The summed E-state index contributed by atoms with van der Waals surface area (Å²) in [6, 6.07) is 10.8. The van der Waals surface area contributed by atoms with Gasteiger partial charge in [0.05, 0.1) is 23.0 Å². The first-order valence-corrected chi connectivity index (χ1v) is 18.9. The van der Waals surface area contributed by atoms with Gasteiger partial charge in [-0.2, -0.15) is 0 Å². The maximum atomic E-state index is 13.9. The summed E-state index contributed by atoms with van der Waals surface area (Å²) < 4.78 is 35.8. The van der Waals surface area contributed by atoms with Crippen LogP contribution in [0, 0.1) is 23.2 Å². The average molecular weight is 808 g/mol. The van der Waals surface area contributed by atoms with Gasteiger partial charge >= 0.3 is 35.8 Å². The van der Waals surface area contributed by atoms with Gasteiger partial charge in [-0.1, -0.05) is 71.5 Å². The number of pyridine rings is 1. The van der Waals surface area contributed by atoms with E-state index in [2.05, 4.69) is 11.6 Å². The second-order valence-corrected chi connectivity index (χ2v) is 16.0. The Bertz CT molecular complexity index is 1890. The van der Waals surface area contributed by atoms with Crippen molar-refractivity contribution in [1.82, 2.24) is 4.98 Å². The van der Waals surface area contributed by atoms with Crippen LogP contribution in [-0.4, -0.2) is 98.8 Å². The van der Waals surface area contributed by atoms with Crippen molar-refractivity contribution in [3.8, 4) is 0 Å². The molecule has 1 heterocycles. The van der Waals surface area contributed by atoms with Crippen LogP contribution < -0.4 is 0 Å². The summed E-state index contributed by atoms with van der Waals surface area (Å²) in [7, 11) is 0. The van der Waals surface area contributed by atoms with Crippen molar-refractivity contribution in [1.29, 1.82) is 0 Å². The lowest BCUT2D eigenvalue weighted by atomic mass is 9.71. The Hall–Kier alpha value is -5.41. The number of rotatable bonds is 9. The van der Waals surface area contributed by atoms with Crippen molar-refractivity contribution in [3.63, 3.8) is 0 Å². The van der Waals surface area contributed by atoms with E-state index < -0.39 is 113 Å². The van der Waals surface area contributed by atoms with Crippen molar-refractivity contribution in [3.05, 3.63) is 90.3 Å². The fraction of sp³-hybridized carbons (Fsp3) is 0.512. The monoisotopic (exact) mass is 807 g/mol. The van der Waals surface area contributed by atoms with Gasteiger partial charge in [0.15, 0.2) is 12.2 Å². The Balaban J connectivity index is 2.08. The SMILES string of the molecule is C=C1[C@@H](OC(=O)C(C)C)[C@H](O)[C@H](OC(=O)c2cccnc2)C(C)(C)/C=C/[C@@H](C)[C@@H](OC(C)=O)[C@]2(O)C[C@](C)(OC(C)=O)[C@@H](OC(=O)c3ccccc3)[C@H]2[C@@H]1OC(C)=O. The van der Waals surface area contributed by atoms with Crippen LogP contribution >= 0.6 is 0 Å². The predicted molar refractivity (Wildman–Crippen MR) is 205 cm³/mol. The number of hydrogen-bond acceptors (Lipinski definition) is 15. The topological polar surface area (TPSA) is 211 Å². The summed E-state index contributed by atoms with van der Waals surface area (Å²) in [5.41, 5.74) is -5.84. The van der Waals surface area contributed by atoms with Crippen LogP contribution in [0.1, 0.15) is 89.5 Å². The normalized spacial score (nSPS) is 31.3. The molecule has 0 radical (unpaired) electrons. The van der Waals surface area contributed by atoms with Crippen LogP contribution in [0.25, 0.3) is 0 Å². The Kier molecular flexibility index (Phi) is 14.1. The highest BCUT2D eigenvalue weighted by Crippen LogP contribution is 2.54. The summed E-state index contributed by atoms with van der Waals surface area (Å²) in [5.74, 6) is -8.66. The first kappa shape index (κ1) is 45.3. The highest BCUT2D eigenvalue weighted by atomic mass is 16.6. The van der Waals surface area contributed by atoms with Crippen molar-refractivity contribution in [2.45, 2.75) is 117 Å². The minimum atomic E-state index is -2.39. The molecule has 1 fully saturated rings. The van der Waals surface area contributed by atoms with Crippen LogP contribution in [0.5, 0.6) is 0 Å². The summed E-state index contributed by atoms with van der Waals surface area (Å²) in [5, 5.41) is 25.7. The molecular weight excluding hydrogens is 754 g/mol. The average Bonchev–Trinajstić information content (AvgIpc) is 3.36. The standard InChI is InChI=1S/C43H53NO14/c1-23(2)38(49)55-34-25(4)33(53-26(5)45)31-36(56-39(50)29-15-12-11-13-16-29)42(10,58-28(7)47)22-43(31,52)35(54-27(6)46)24(3)18-19-41(8,9)37(32(34)48)57-40(51)30-17-14-20-44-21-30/h11-21,23-24,31-37,48,52H,4,22H2,1-3,5-10H3/b19-18+/t24-,31-,32+,33-,34-,35-,36+,37+,42+,43+/m1/s1. The van der Waals surface area contributed by atoms with Gasteiger partial charge in [0.25, 0.3) is 0 Å². The largest absolute Gasteiger partial charge is 0.459 e. The van der Waals surface area contributed by atoms with E-state index in [9.17, 15) is 39.0 Å². The highest BCUT2D eigenvalue weighted by molar-refractivity contribution is 5.90. The fourth-order valence-corrected chi connectivity index (χ4v) is 7.78. The number of ether oxygens (including phenoxy) is 6. The van der Waals surface area contributed by atoms with Gasteiger partial charge in [0.2, 0.25) is 0 Å². The van der Waals surface area contributed by atoms with Crippen LogP contribution in [0.15, 0.2) is 79.2 Å². The maximum absolute atomic E-state index is 13.9. The third-order valence-electron chi connectivity index (χ3n) is 10.4. The van der Waals surface area contributed by atoms with E-state index in [-0.39, 0.29) is 16.7 Å². The number of aliphatic hydroxyl groups is 2. The molecule has 4 rings (SSSR count). The zero-order chi connectivity index (χ0) is 43.3. The molecule has 2 N–H and O–H groups in total. The van der Waals surface area contributed by atoms with Crippen molar-refractivity contribution in [2.24, 2.45) is 23.2 Å². The predicted octanol–water partition coefficient (Wildman–Crippen LogP) is 4.49. The Morgan fingerprint density at radius 2 is 1.36 bits per heavy atom. The van der Waals surface area contributed by atoms with E-state index in [4.69, 9.17) is 28.4 Å². The third kappa shape index (κ3) is 9.99. The number of fused-ring (bicyclic) bond motifs is 1. The minimum absolute atomic E-state index is 0.0417. The zero-order valence-electron chi connectivity index (χ0n) is 34.2. The summed E-state index contributed by atoms with van der Waals surface area (Å²) in [4.78, 5) is 83.8. The zero-order valence-corrected chi connectivity index (χ0v) is 34.2. The lowest BCUT2D eigenvalue weighted by Gasteiger charge is -2.45. The molecule has 0 spiro atoms. The number of hydrogen-bond donors (Lipinski definition) is 2. The van der Waals surface area contributed by atoms with E-state index in [1.165, 1.54) is 57.4 Å². The van der Waals surface area contributed by atoms with Gasteiger partial charge in [-0.25, -0.2) is 9.59 Å². The summed E-state index contributed by atoms with van der Waals surface area (Å²) in [6.07, 6.45) is -5.08. The Labute approximate surface area is 337 Å². The highest BCUT2D eigenvalue weighted by Gasteiger charge is 2.70. The minimum Gasteiger partial charge on any atom is -0.459 e. The van der Waals surface area contributed by atoms with Crippen LogP contribution in [0.4, 0.5) is 0 Å². The second kappa shape index (κ2) is 18.0. The molecule has 0 amide bonds. The molecule has 0 saturated heterocycles. The smallest absolute Gasteiger partial charge is 0.340 e. The molecule has 1 aromatic carbocycles. The number of esters is 6. The molecular formula is C43H53NO14. The van der Waals surface area contributed by atoms with E-state index in [0.717, 1.165) is 20.8 Å². The molecule has 1 saturated carbocycles. The number of carbonyl (C=O) groups excluding carboxylic acids is 6. The molecule has 58 heavy (non-hydrogen) atoms. The molecule has 15 nitrogen and oxygen atoms in total. The molecule has 15 heteroatoms.